The highest BCUT2D eigenvalue weighted by Crippen LogP contribution is 2.11. The van der Waals surface area contributed by atoms with Gasteiger partial charge in [-0.1, -0.05) is 37.3 Å². The molecule has 28 heavy (non-hydrogen) atoms. The lowest BCUT2D eigenvalue weighted by molar-refractivity contribution is -0.128. The van der Waals surface area contributed by atoms with Crippen molar-refractivity contribution in [3.8, 4) is 11.7 Å². The fourth-order valence-electron chi connectivity index (χ4n) is 2.73. The summed E-state index contributed by atoms with van der Waals surface area (Å²) in [7, 11) is 0. The smallest absolute Gasteiger partial charge is 0.336 e. The molecule has 1 N–H and O–H groups in total. The number of ether oxygens (including phenoxy) is 1. The SMILES string of the molecule is CCC(Oc1ncn(-c2ccccc2)n1)C(=O)NCCCc1ccc(F)cc1. The van der Waals surface area contributed by atoms with Crippen LogP contribution in [0.4, 0.5) is 4.39 Å². The summed E-state index contributed by atoms with van der Waals surface area (Å²) in [5, 5.41) is 7.14. The summed E-state index contributed by atoms with van der Waals surface area (Å²) in [5.41, 5.74) is 1.90. The van der Waals surface area contributed by atoms with Gasteiger partial charge in [0, 0.05) is 6.54 Å². The Morgan fingerprint density at radius 1 is 1.18 bits per heavy atom. The van der Waals surface area contributed by atoms with Gasteiger partial charge in [-0.2, -0.15) is 4.98 Å². The maximum Gasteiger partial charge on any atom is 0.336 e. The first kappa shape index (κ1) is 19.5. The number of hydrogen-bond donors (Lipinski definition) is 1. The maximum absolute atomic E-state index is 12.9. The first-order valence-electron chi connectivity index (χ1n) is 9.31. The van der Waals surface area contributed by atoms with Crippen LogP contribution in [-0.4, -0.2) is 33.3 Å². The van der Waals surface area contributed by atoms with Gasteiger partial charge in [-0.15, -0.1) is 5.10 Å². The second kappa shape index (κ2) is 9.64. The van der Waals surface area contributed by atoms with Crippen LogP contribution in [-0.2, 0) is 11.2 Å². The van der Waals surface area contributed by atoms with Crippen molar-refractivity contribution in [2.75, 3.05) is 6.54 Å². The first-order valence-corrected chi connectivity index (χ1v) is 9.31. The second-order valence-corrected chi connectivity index (χ2v) is 6.34. The van der Waals surface area contributed by atoms with Crippen LogP contribution < -0.4 is 10.1 Å². The third-order valence-corrected chi connectivity index (χ3v) is 4.26. The third kappa shape index (κ3) is 5.39. The number of aryl methyl sites for hydroxylation is 1. The van der Waals surface area contributed by atoms with Gasteiger partial charge in [-0.05, 0) is 49.1 Å². The van der Waals surface area contributed by atoms with Crippen LogP contribution in [0, 0.1) is 5.82 Å². The zero-order chi connectivity index (χ0) is 19.8. The van der Waals surface area contributed by atoms with Gasteiger partial charge in [0.1, 0.15) is 12.1 Å². The number of nitrogens with zero attached hydrogens (tertiary/aromatic N) is 3. The molecule has 0 spiro atoms. The summed E-state index contributed by atoms with van der Waals surface area (Å²) >= 11 is 0. The highest BCUT2D eigenvalue weighted by Gasteiger charge is 2.20. The van der Waals surface area contributed by atoms with E-state index in [0.29, 0.717) is 13.0 Å². The Kier molecular flexibility index (Phi) is 6.73. The summed E-state index contributed by atoms with van der Waals surface area (Å²) in [6.07, 6.45) is 2.93. The quantitative estimate of drug-likeness (QED) is 0.577. The van der Waals surface area contributed by atoms with E-state index in [0.717, 1.165) is 24.1 Å². The van der Waals surface area contributed by atoms with Crippen molar-refractivity contribution in [3.63, 3.8) is 0 Å². The Balaban J connectivity index is 1.47. The molecule has 0 bridgehead atoms. The van der Waals surface area contributed by atoms with Crippen LogP contribution in [0.1, 0.15) is 25.3 Å². The lowest BCUT2D eigenvalue weighted by Crippen LogP contribution is -2.38. The zero-order valence-corrected chi connectivity index (χ0v) is 15.7. The summed E-state index contributed by atoms with van der Waals surface area (Å²) in [4.78, 5) is 16.5. The fraction of sp³-hybridized carbons (Fsp3) is 0.286. The summed E-state index contributed by atoms with van der Waals surface area (Å²) in [6, 6.07) is 16.1. The number of hydrogen-bond acceptors (Lipinski definition) is 4. The van der Waals surface area contributed by atoms with E-state index < -0.39 is 6.10 Å². The molecule has 7 heteroatoms. The molecule has 0 saturated carbocycles. The number of rotatable bonds is 9. The number of carbonyl (C=O) groups is 1. The molecule has 1 heterocycles. The van der Waals surface area contributed by atoms with Gasteiger partial charge in [0.15, 0.2) is 6.10 Å². The van der Waals surface area contributed by atoms with Crippen molar-refractivity contribution in [2.24, 2.45) is 0 Å². The lowest BCUT2D eigenvalue weighted by atomic mass is 10.1. The van der Waals surface area contributed by atoms with Gasteiger partial charge in [0.25, 0.3) is 5.91 Å². The predicted octanol–water partition coefficient (Wildman–Crippen LogP) is 3.31. The third-order valence-electron chi connectivity index (χ3n) is 4.26. The fourth-order valence-corrected chi connectivity index (χ4v) is 2.73. The van der Waals surface area contributed by atoms with Crippen LogP contribution in [0.2, 0.25) is 0 Å². The Morgan fingerprint density at radius 3 is 2.64 bits per heavy atom. The molecule has 1 unspecified atom stereocenters. The van der Waals surface area contributed by atoms with E-state index in [1.165, 1.54) is 12.1 Å². The van der Waals surface area contributed by atoms with E-state index in [4.69, 9.17) is 4.74 Å². The predicted molar refractivity (Wildman–Crippen MR) is 104 cm³/mol. The van der Waals surface area contributed by atoms with Crippen LogP contribution in [0.15, 0.2) is 60.9 Å². The monoisotopic (exact) mass is 382 g/mol. The summed E-state index contributed by atoms with van der Waals surface area (Å²) in [5.74, 6) is -0.444. The molecular formula is C21H23FN4O2. The molecule has 2 aromatic carbocycles. The van der Waals surface area contributed by atoms with Gasteiger partial charge < -0.3 is 10.1 Å². The molecule has 0 aliphatic carbocycles. The Hall–Kier alpha value is -3.22. The normalized spacial score (nSPS) is 11.8. The van der Waals surface area contributed by atoms with Gasteiger partial charge in [-0.25, -0.2) is 9.07 Å². The minimum absolute atomic E-state index is 0.164. The lowest BCUT2D eigenvalue weighted by Gasteiger charge is -2.14. The molecule has 146 valence electrons. The van der Waals surface area contributed by atoms with Crippen molar-refractivity contribution in [3.05, 3.63) is 72.3 Å². The molecule has 0 aliphatic rings. The minimum atomic E-state index is -0.655. The van der Waals surface area contributed by atoms with E-state index in [2.05, 4.69) is 15.4 Å². The maximum atomic E-state index is 12.9. The number of carbonyl (C=O) groups excluding carboxylic acids is 1. The van der Waals surface area contributed by atoms with Crippen molar-refractivity contribution in [2.45, 2.75) is 32.3 Å². The largest absolute Gasteiger partial charge is 0.449 e. The second-order valence-electron chi connectivity index (χ2n) is 6.34. The van der Waals surface area contributed by atoms with Crippen molar-refractivity contribution >= 4 is 5.91 Å². The molecule has 0 saturated heterocycles. The van der Waals surface area contributed by atoms with Crippen molar-refractivity contribution in [1.29, 1.82) is 0 Å². The molecule has 3 aromatic rings. The van der Waals surface area contributed by atoms with E-state index >= 15 is 0 Å². The average molecular weight is 382 g/mol. The van der Waals surface area contributed by atoms with Gasteiger partial charge >= 0.3 is 6.01 Å². The van der Waals surface area contributed by atoms with Gasteiger partial charge in [-0.3, -0.25) is 4.79 Å². The Labute approximate surface area is 163 Å². The van der Waals surface area contributed by atoms with E-state index in [-0.39, 0.29) is 17.7 Å². The number of halogens is 1. The van der Waals surface area contributed by atoms with Gasteiger partial charge in [0.2, 0.25) is 0 Å². The Bertz CT molecular complexity index is 881. The van der Waals surface area contributed by atoms with Crippen LogP contribution in [0.25, 0.3) is 5.69 Å². The topological polar surface area (TPSA) is 69.0 Å². The Morgan fingerprint density at radius 2 is 1.93 bits per heavy atom. The number of aromatic nitrogens is 3. The van der Waals surface area contributed by atoms with E-state index in [1.54, 1.807) is 23.1 Å². The molecule has 3 rings (SSSR count). The molecule has 0 aliphatic heterocycles. The molecule has 6 nitrogen and oxygen atoms in total. The molecule has 0 fully saturated rings. The highest BCUT2D eigenvalue weighted by molar-refractivity contribution is 5.80. The molecular weight excluding hydrogens is 359 g/mol. The first-order chi connectivity index (χ1) is 13.7. The molecule has 1 aromatic heterocycles. The van der Waals surface area contributed by atoms with Gasteiger partial charge in [0.05, 0.1) is 5.69 Å². The zero-order valence-electron chi connectivity index (χ0n) is 15.7. The average Bonchev–Trinajstić information content (AvgIpc) is 3.20. The number of nitrogens with one attached hydrogen (secondary N) is 1. The number of benzene rings is 2. The van der Waals surface area contributed by atoms with Crippen molar-refractivity contribution in [1.82, 2.24) is 20.1 Å². The van der Waals surface area contributed by atoms with Crippen LogP contribution >= 0.6 is 0 Å². The van der Waals surface area contributed by atoms with Crippen LogP contribution in [0.5, 0.6) is 6.01 Å². The molecule has 0 radical (unpaired) electrons. The summed E-state index contributed by atoms with van der Waals surface area (Å²) < 4.78 is 20.2. The molecule has 1 atom stereocenters. The van der Waals surface area contributed by atoms with E-state index in [1.807, 2.05) is 37.3 Å². The number of amides is 1. The van der Waals surface area contributed by atoms with Crippen LogP contribution in [0.3, 0.4) is 0 Å². The minimum Gasteiger partial charge on any atom is -0.449 e. The van der Waals surface area contributed by atoms with E-state index in [9.17, 15) is 9.18 Å². The molecule has 1 amide bonds. The summed E-state index contributed by atoms with van der Waals surface area (Å²) in [6.45, 7) is 2.39. The standard InChI is InChI=1S/C21H23FN4O2/c1-2-19(20(27)23-14-6-7-16-10-12-17(22)13-11-16)28-21-24-15-26(25-21)18-8-4-3-5-9-18/h3-5,8-13,15,19H,2,6-7,14H2,1H3,(H,23,27). The van der Waals surface area contributed by atoms with Crippen molar-refractivity contribution < 1.29 is 13.9 Å². The number of para-hydroxylation sites is 1. The highest BCUT2D eigenvalue weighted by atomic mass is 19.1.